The Bertz CT molecular complexity index is 1200. The number of rotatable bonds is 2. The Morgan fingerprint density at radius 2 is 2.03 bits per heavy atom. The SMILES string of the molecule is C=C=C1CN2CC[C@]34C(=C(OS(=O)(=O)C(F)(F)F)[C@H]1C[C@H]23)N(C(C)=O)c1ccccc14. The van der Waals surface area contributed by atoms with Crippen LogP contribution in [0.2, 0.25) is 0 Å². The van der Waals surface area contributed by atoms with Crippen LogP contribution < -0.4 is 4.90 Å². The molecule has 1 aromatic rings. The highest BCUT2D eigenvalue weighted by Gasteiger charge is 2.65. The monoisotopic (exact) mass is 452 g/mol. The summed E-state index contributed by atoms with van der Waals surface area (Å²) in [5.74, 6) is -1.52. The molecule has 3 aliphatic heterocycles. The van der Waals surface area contributed by atoms with Crippen molar-refractivity contribution in [3.8, 4) is 0 Å². The lowest BCUT2D eigenvalue weighted by molar-refractivity contribution is -0.116. The van der Waals surface area contributed by atoms with Crippen LogP contribution in [0.1, 0.15) is 25.3 Å². The number of alkyl halides is 3. The summed E-state index contributed by atoms with van der Waals surface area (Å²) in [6.07, 6.45) is 0.897. The first kappa shape index (κ1) is 20.4. The van der Waals surface area contributed by atoms with Gasteiger partial charge in [-0.3, -0.25) is 14.6 Å². The minimum absolute atomic E-state index is 0.101. The number of anilines is 1. The molecule has 1 spiro atoms. The van der Waals surface area contributed by atoms with Crippen LogP contribution in [-0.4, -0.2) is 43.9 Å². The molecule has 2 fully saturated rings. The van der Waals surface area contributed by atoms with Gasteiger partial charge in [-0.1, -0.05) is 24.8 Å². The summed E-state index contributed by atoms with van der Waals surface area (Å²) in [5, 5.41) is 0. The quantitative estimate of drug-likeness (QED) is 0.392. The van der Waals surface area contributed by atoms with E-state index in [4.69, 9.17) is 4.18 Å². The number of benzene rings is 1. The number of hydrogen-bond acceptors (Lipinski definition) is 5. The Labute approximate surface area is 177 Å². The molecular weight excluding hydrogens is 433 g/mol. The number of amides is 1. The second kappa shape index (κ2) is 6.25. The third-order valence-corrected chi connectivity index (χ3v) is 7.87. The van der Waals surface area contributed by atoms with E-state index in [1.165, 1.54) is 11.8 Å². The van der Waals surface area contributed by atoms with Crippen molar-refractivity contribution in [2.75, 3.05) is 18.0 Å². The molecule has 6 nitrogen and oxygen atoms in total. The van der Waals surface area contributed by atoms with Gasteiger partial charge in [0.2, 0.25) is 5.91 Å². The fraction of sp³-hybridized carbons (Fsp3) is 0.429. The molecule has 5 rings (SSSR count). The predicted octanol–water partition coefficient (Wildman–Crippen LogP) is 3.19. The van der Waals surface area contributed by atoms with E-state index >= 15 is 0 Å². The first-order chi connectivity index (χ1) is 14.5. The molecule has 0 unspecified atom stereocenters. The van der Waals surface area contributed by atoms with Crippen molar-refractivity contribution in [3.05, 3.63) is 59.2 Å². The van der Waals surface area contributed by atoms with Crippen LogP contribution in [0.4, 0.5) is 18.9 Å². The topological polar surface area (TPSA) is 66.9 Å². The maximum absolute atomic E-state index is 13.3. The standard InChI is InChI=1S/C21H19F3N2O4S/c1-3-13-11-25-9-8-20-15-6-4-5-7-16(15)26(12(2)27)19(20)18(14(13)10-17(20)25)30-31(28,29)21(22,23)24/h4-7,14,17H,1,8-11H2,2H3/t14-,17-,20+/m0/s1. The van der Waals surface area contributed by atoms with E-state index in [1.807, 2.05) is 12.1 Å². The van der Waals surface area contributed by atoms with Gasteiger partial charge in [-0.2, -0.15) is 21.6 Å². The Morgan fingerprint density at radius 3 is 2.68 bits per heavy atom. The van der Waals surface area contributed by atoms with Crippen molar-refractivity contribution in [1.29, 1.82) is 0 Å². The number of halogens is 3. The molecule has 0 N–H and O–H groups in total. The lowest BCUT2D eigenvalue weighted by atomic mass is 9.64. The lowest BCUT2D eigenvalue weighted by Crippen LogP contribution is -2.54. The summed E-state index contributed by atoms with van der Waals surface area (Å²) in [7, 11) is -5.93. The molecule has 10 heteroatoms. The van der Waals surface area contributed by atoms with Crippen LogP contribution in [0.25, 0.3) is 0 Å². The molecule has 1 aliphatic carbocycles. The van der Waals surface area contributed by atoms with Gasteiger partial charge >= 0.3 is 15.6 Å². The molecule has 2 saturated heterocycles. The molecule has 1 amide bonds. The average Bonchev–Trinajstić information content (AvgIpc) is 3.23. The fourth-order valence-electron chi connectivity index (χ4n) is 5.80. The fourth-order valence-corrected chi connectivity index (χ4v) is 6.33. The molecule has 3 heterocycles. The molecule has 3 atom stereocenters. The maximum Gasteiger partial charge on any atom is 0.534 e. The molecule has 0 saturated carbocycles. The summed E-state index contributed by atoms with van der Waals surface area (Å²) < 4.78 is 68.8. The van der Waals surface area contributed by atoms with Gasteiger partial charge in [0.05, 0.1) is 22.7 Å². The summed E-state index contributed by atoms with van der Waals surface area (Å²) in [4.78, 5) is 16.3. The van der Waals surface area contributed by atoms with Gasteiger partial charge in [0.1, 0.15) is 5.76 Å². The number of nitrogens with zero attached hydrogens (tertiary/aromatic N) is 2. The van der Waals surface area contributed by atoms with E-state index in [-0.39, 0.29) is 17.5 Å². The molecule has 0 aromatic heterocycles. The van der Waals surface area contributed by atoms with Gasteiger partial charge in [0.25, 0.3) is 0 Å². The Balaban J connectivity index is 1.86. The van der Waals surface area contributed by atoms with E-state index in [0.29, 0.717) is 37.2 Å². The zero-order valence-electron chi connectivity index (χ0n) is 16.6. The number of carbonyl (C=O) groups excluding carboxylic acids is 1. The summed E-state index contributed by atoms with van der Waals surface area (Å²) in [6.45, 7) is 6.01. The van der Waals surface area contributed by atoms with E-state index in [1.54, 1.807) is 12.1 Å². The third kappa shape index (κ3) is 2.49. The van der Waals surface area contributed by atoms with E-state index in [2.05, 4.69) is 17.2 Å². The van der Waals surface area contributed by atoms with Crippen molar-refractivity contribution in [2.24, 2.45) is 5.92 Å². The molecule has 1 aromatic carbocycles. The van der Waals surface area contributed by atoms with Crippen molar-refractivity contribution < 1.29 is 30.6 Å². The van der Waals surface area contributed by atoms with Crippen molar-refractivity contribution in [2.45, 2.75) is 36.7 Å². The summed E-state index contributed by atoms with van der Waals surface area (Å²) in [5.41, 5.74) is -1.52. The predicted molar refractivity (Wildman–Crippen MR) is 105 cm³/mol. The van der Waals surface area contributed by atoms with Crippen LogP contribution in [0.3, 0.4) is 0 Å². The van der Waals surface area contributed by atoms with Crippen LogP contribution in [0.5, 0.6) is 0 Å². The van der Waals surface area contributed by atoms with Crippen LogP contribution >= 0.6 is 0 Å². The zero-order chi connectivity index (χ0) is 22.3. The van der Waals surface area contributed by atoms with E-state index in [9.17, 15) is 26.4 Å². The lowest BCUT2D eigenvalue weighted by Gasteiger charge is -2.48. The zero-order valence-corrected chi connectivity index (χ0v) is 17.4. The highest BCUT2D eigenvalue weighted by Crippen LogP contribution is 2.63. The highest BCUT2D eigenvalue weighted by molar-refractivity contribution is 7.87. The smallest absolute Gasteiger partial charge is 0.378 e. The number of allylic oxidation sites excluding steroid dienone is 1. The second-order valence-corrected chi connectivity index (χ2v) is 9.80. The van der Waals surface area contributed by atoms with Crippen molar-refractivity contribution in [3.63, 3.8) is 0 Å². The molecule has 2 bridgehead atoms. The Morgan fingerprint density at radius 1 is 1.32 bits per heavy atom. The van der Waals surface area contributed by atoms with E-state index in [0.717, 1.165) is 5.56 Å². The van der Waals surface area contributed by atoms with Crippen molar-refractivity contribution >= 4 is 21.7 Å². The number of para-hydroxylation sites is 1. The van der Waals surface area contributed by atoms with Gasteiger partial charge in [-0.25, -0.2) is 0 Å². The first-order valence-corrected chi connectivity index (χ1v) is 11.2. The number of carbonyl (C=O) groups is 1. The molecular formula is C21H19F3N2O4S. The van der Waals surface area contributed by atoms with Crippen LogP contribution in [0, 0.1) is 5.92 Å². The normalized spacial score (nSPS) is 29.5. The largest absolute Gasteiger partial charge is 0.534 e. The van der Waals surface area contributed by atoms with Gasteiger partial charge in [-0.05, 0) is 30.0 Å². The van der Waals surface area contributed by atoms with Crippen molar-refractivity contribution in [1.82, 2.24) is 4.90 Å². The minimum Gasteiger partial charge on any atom is -0.378 e. The number of fused-ring (bicyclic) bond motifs is 2. The number of hydrogen-bond donors (Lipinski definition) is 0. The third-order valence-electron chi connectivity index (χ3n) is 6.90. The van der Waals surface area contributed by atoms with E-state index < -0.39 is 32.9 Å². The molecule has 31 heavy (non-hydrogen) atoms. The summed E-state index contributed by atoms with van der Waals surface area (Å²) >= 11 is 0. The maximum atomic E-state index is 13.3. The molecule has 164 valence electrons. The van der Waals surface area contributed by atoms with Crippen LogP contribution in [0.15, 0.2) is 53.6 Å². The Hall–Kier alpha value is -2.55. The molecule has 0 radical (unpaired) electrons. The molecule has 4 aliphatic rings. The van der Waals surface area contributed by atoms with Crippen LogP contribution in [-0.2, 0) is 24.5 Å². The van der Waals surface area contributed by atoms with Gasteiger partial charge in [0, 0.05) is 26.1 Å². The minimum atomic E-state index is -5.93. The average molecular weight is 452 g/mol. The van der Waals surface area contributed by atoms with Gasteiger partial charge in [0.15, 0.2) is 0 Å². The summed E-state index contributed by atoms with van der Waals surface area (Å²) in [6, 6.07) is 7.04. The Kier molecular flexibility index (Phi) is 4.10. The second-order valence-electron chi connectivity index (χ2n) is 8.27. The van der Waals surface area contributed by atoms with Gasteiger partial charge in [-0.15, -0.1) is 5.73 Å². The number of piperidine rings is 1. The first-order valence-electron chi connectivity index (χ1n) is 9.81. The van der Waals surface area contributed by atoms with Gasteiger partial charge < -0.3 is 4.18 Å². The highest BCUT2D eigenvalue weighted by atomic mass is 32.2.